The number of hydrogen-bond acceptors (Lipinski definition) is 4. The molecule has 3 atom stereocenters. The monoisotopic (exact) mass is 299 g/mol. The van der Waals surface area contributed by atoms with Crippen molar-refractivity contribution < 1.29 is 9.53 Å². The zero-order chi connectivity index (χ0) is 15.8. The Kier molecular flexibility index (Phi) is 8.22. The number of carbonyl (C=O) groups is 1. The van der Waals surface area contributed by atoms with Gasteiger partial charge in [-0.25, -0.2) is 0 Å². The lowest BCUT2D eigenvalue weighted by atomic mass is 9.98. The molecule has 0 aromatic carbocycles. The molecule has 0 saturated carbocycles. The number of nitrogens with two attached hydrogens (primary N) is 1. The Morgan fingerprint density at radius 1 is 1.33 bits per heavy atom. The summed E-state index contributed by atoms with van der Waals surface area (Å²) in [5.74, 6) is 0.362. The molecular formula is C16H33N3O2. The third kappa shape index (κ3) is 5.24. The van der Waals surface area contributed by atoms with Crippen molar-refractivity contribution in [2.24, 2.45) is 11.7 Å². The van der Waals surface area contributed by atoms with Gasteiger partial charge in [0, 0.05) is 38.8 Å². The minimum atomic E-state index is -0.359. The lowest BCUT2D eigenvalue weighted by Gasteiger charge is -2.42. The van der Waals surface area contributed by atoms with Crippen LogP contribution in [0.4, 0.5) is 0 Å². The van der Waals surface area contributed by atoms with Crippen LogP contribution in [0.5, 0.6) is 0 Å². The maximum atomic E-state index is 12.5. The first kappa shape index (κ1) is 18.4. The number of carbonyl (C=O) groups excluding carboxylic acids is 1. The van der Waals surface area contributed by atoms with E-state index in [1.54, 1.807) is 0 Å². The van der Waals surface area contributed by atoms with Crippen LogP contribution in [0.25, 0.3) is 0 Å². The molecule has 0 radical (unpaired) electrons. The topological polar surface area (TPSA) is 58.8 Å². The highest BCUT2D eigenvalue weighted by Crippen LogP contribution is 2.16. The fraction of sp³-hybridized carbons (Fsp3) is 0.938. The van der Waals surface area contributed by atoms with E-state index in [4.69, 9.17) is 10.5 Å². The molecule has 0 aromatic heterocycles. The van der Waals surface area contributed by atoms with Crippen molar-refractivity contribution >= 4 is 5.91 Å². The standard InChI is InChI=1S/C16H33N3O2/c1-5-13(4)15(17)16(20)19-9-8-18(10-11-21-7-3)14(6-2)12-19/h13-15H,5-12,17H2,1-4H3. The third-order valence-electron chi connectivity index (χ3n) is 4.66. The lowest BCUT2D eigenvalue weighted by Crippen LogP contribution is -2.58. The van der Waals surface area contributed by atoms with Crippen LogP contribution in [0.3, 0.4) is 0 Å². The lowest BCUT2D eigenvalue weighted by molar-refractivity contribution is -0.137. The van der Waals surface area contributed by atoms with Crippen LogP contribution in [0, 0.1) is 5.92 Å². The summed E-state index contributed by atoms with van der Waals surface area (Å²) in [6, 6.07) is 0.0646. The molecule has 21 heavy (non-hydrogen) atoms. The van der Waals surface area contributed by atoms with E-state index in [0.29, 0.717) is 6.04 Å². The van der Waals surface area contributed by atoms with Gasteiger partial charge >= 0.3 is 0 Å². The van der Waals surface area contributed by atoms with Crippen LogP contribution >= 0.6 is 0 Å². The van der Waals surface area contributed by atoms with Gasteiger partial charge in [-0.3, -0.25) is 9.69 Å². The number of nitrogens with zero attached hydrogens (tertiary/aromatic N) is 2. The predicted octanol–water partition coefficient (Wildman–Crippen LogP) is 1.32. The normalized spacial score (nSPS) is 23.1. The average Bonchev–Trinajstić information content (AvgIpc) is 2.53. The first-order valence-electron chi connectivity index (χ1n) is 8.41. The van der Waals surface area contributed by atoms with Crippen molar-refractivity contribution in [1.82, 2.24) is 9.80 Å². The number of amides is 1. The summed E-state index contributed by atoms with van der Waals surface area (Å²) < 4.78 is 5.45. The van der Waals surface area contributed by atoms with E-state index in [9.17, 15) is 4.79 Å². The number of ether oxygens (including phenoxy) is 1. The van der Waals surface area contributed by atoms with Crippen LogP contribution in [-0.2, 0) is 9.53 Å². The van der Waals surface area contributed by atoms with Crippen molar-refractivity contribution in [1.29, 1.82) is 0 Å². The van der Waals surface area contributed by atoms with Crippen molar-refractivity contribution in [3.8, 4) is 0 Å². The van der Waals surface area contributed by atoms with Gasteiger partial charge < -0.3 is 15.4 Å². The quantitative estimate of drug-likeness (QED) is 0.687. The maximum absolute atomic E-state index is 12.5. The van der Waals surface area contributed by atoms with Crippen LogP contribution in [0.15, 0.2) is 0 Å². The molecule has 0 spiro atoms. The molecule has 1 fully saturated rings. The zero-order valence-corrected chi connectivity index (χ0v) is 14.2. The number of hydrogen-bond donors (Lipinski definition) is 1. The Balaban J connectivity index is 2.53. The summed E-state index contributed by atoms with van der Waals surface area (Å²) in [4.78, 5) is 16.9. The molecule has 0 bridgehead atoms. The maximum Gasteiger partial charge on any atom is 0.239 e. The molecule has 1 heterocycles. The summed E-state index contributed by atoms with van der Waals surface area (Å²) in [6.45, 7) is 13.3. The molecule has 0 aromatic rings. The number of rotatable bonds is 8. The molecule has 5 nitrogen and oxygen atoms in total. The van der Waals surface area contributed by atoms with Gasteiger partial charge in [0.2, 0.25) is 5.91 Å². The summed E-state index contributed by atoms with van der Waals surface area (Å²) in [5, 5.41) is 0. The van der Waals surface area contributed by atoms with Crippen molar-refractivity contribution in [3.05, 3.63) is 0 Å². The number of piperazine rings is 1. The second-order valence-electron chi connectivity index (χ2n) is 5.99. The molecule has 1 aliphatic rings. The van der Waals surface area contributed by atoms with E-state index >= 15 is 0 Å². The summed E-state index contributed by atoms with van der Waals surface area (Å²) in [6.07, 6.45) is 1.99. The summed E-state index contributed by atoms with van der Waals surface area (Å²) in [7, 11) is 0. The predicted molar refractivity (Wildman–Crippen MR) is 86.2 cm³/mol. The molecule has 0 aliphatic carbocycles. The molecule has 3 unspecified atom stereocenters. The highest BCUT2D eigenvalue weighted by molar-refractivity contribution is 5.82. The molecule has 1 saturated heterocycles. The first-order chi connectivity index (χ1) is 10.0. The smallest absolute Gasteiger partial charge is 0.239 e. The highest BCUT2D eigenvalue weighted by atomic mass is 16.5. The van der Waals surface area contributed by atoms with Gasteiger partial charge in [-0.15, -0.1) is 0 Å². The fourth-order valence-corrected chi connectivity index (χ4v) is 2.81. The fourth-order valence-electron chi connectivity index (χ4n) is 2.81. The zero-order valence-electron chi connectivity index (χ0n) is 14.2. The minimum absolute atomic E-state index is 0.118. The van der Waals surface area contributed by atoms with Crippen molar-refractivity contribution in [3.63, 3.8) is 0 Å². The van der Waals surface area contributed by atoms with E-state index in [-0.39, 0.29) is 17.9 Å². The molecule has 124 valence electrons. The Morgan fingerprint density at radius 3 is 2.62 bits per heavy atom. The molecule has 1 rings (SSSR count). The Hall–Kier alpha value is -0.650. The van der Waals surface area contributed by atoms with Gasteiger partial charge in [-0.1, -0.05) is 27.2 Å². The summed E-state index contributed by atoms with van der Waals surface area (Å²) in [5.41, 5.74) is 6.10. The van der Waals surface area contributed by atoms with Crippen LogP contribution in [0.2, 0.25) is 0 Å². The van der Waals surface area contributed by atoms with Gasteiger partial charge in [0.05, 0.1) is 12.6 Å². The van der Waals surface area contributed by atoms with E-state index in [1.165, 1.54) is 0 Å². The van der Waals surface area contributed by atoms with Gasteiger partial charge in [0.1, 0.15) is 0 Å². The van der Waals surface area contributed by atoms with Crippen molar-refractivity contribution in [2.75, 3.05) is 39.4 Å². The van der Waals surface area contributed by atoms with Gasteiger partial charge in [0.15, 0.2) is 0 Å². The summed E-state index contributed by atoms with van der Waals surface area (Å²) >= 11 is 0. The molecule has 5 heteroatoms. The van der Waals surface area contributed by atoms with Crippen molar-refractivity contribution in [2.45, 2.75) is 52.6 Å². The van der Waals surface area contributed by atoms with Gasteiger partial charge in [-0.2, -0.15) is 0 Å². The third-order valence-corrected chi connectivity index (χ3v) is 4.66. The molecule has 2 N–H and O–H groups in total. The molecule has 1 amide bonds. The van der Waals surface area contributed by atoms with Crippen LogP contribution < -0.4 is 5.73 Å². The van der Waals surface area contributed by atoms with Gasteiger partial charge in [-0.05, 0) is 19.3 Å². The van der Waals surface area contributed by atoms with Crippen LogP contribution in [0.1, 0.15) is 40.5 Å². The SMILES string of the molecule is CCOCCN1CCN(C(=O)C(N)C(C)CC)CC1CC. The Labute approximate surface area is 129 Å². The molecular weight excluding hydrogens is 266 g/mol. The molecule has 1 aliphatic heterocycles. The second kappa shape index (κ2) is 9.38. The van der Waals surface area contributed by atoms with Crippen LogP contribution in [-0.4, -0.2) is 67.2 Å². The first-order valence-corrected chi connectivity index (χ1v) is 8.41. The van der Waals surface area contributed by atoms with E-state index < -0.39 is 0 Å². The average molecular weight is 299 g/mol. The van der Waals surface area contributed by atoms with E-state index in [1.807, 2.05) is 11.8 Å². The minimum Gasteiger partial charge on any atom is -0.380 e. The highest BCUT2D eigenvalue weighted by Gasteiger charge is 2.31. The van der Waals surface area contributed by atoms with E-state index in [2.05, 4.69) is 25.7 Å². The van der Waals surface area contributed by atoms with E-state index in [0.717, 1.165) is 52.2 Å². The largest absolute Gasteiger partial charge is 0.380 e. The second-order valence-corrected chi connectivity index (χ2v) is 5.99. The Bertz CT molecular complexity index is 312. The van der Waals surface area contributed by atoms with Gasteiger partial charge in [0.25, 0.3) is 0 Å². The Morgan fingerprint density at radius 2 is 2.05 bits per heavy atom.